The van der Waals surface area contributed by atoms with Gasteiger partial charge in [-0.25, -0.2) is 8.78 Å². The Kier molecular flexibility index (Phi) is 7.18. The fourth-order valence-corrected chi connectivity index (χ4v) is 8.37. The summed E-state index contributed by atoms with van der Waals surface area (Å²) in [6, 6.07) is 3.94. The Balaban J connectivity index is 1.44. The van der Waals surface area contributed by atoms with Gasteiger partial charge in [0.1, 0.15) is 17.2 Å². The standard InChI is InChI=1S/C25H30ClF2N5O4S/c26-19-10-20(27)18(9-21(19)28)22(16-4-5-16)25(24(30)35)6-2-8-33(25)23(34)17-3-1-7-31(14-17)38(36,37)32-12-15(11-29)13-32/h9-10,15-17,22H,1-8,12-14H2,(H2,30,35)/t17-,22+,25-/m0/s1. The van der Waals surface area contributed by atoms with Crippen molar-refractivity contribution in [3.05, 3.63) is 34.4 Å². The van der Waals surface area contributed by atoms with Crippen LogP contribution in [0.25, 0.3) is 0 Å². The summed E-state index contributed by atoms with van der Waals surface area (Å²) in [6.07, 6.45) is 2.89. The van der Waals surface area contributed by atoms with Gasteiger partial charge in [0.2, 0.25) is 11.8 Å². The molecular formula is C25H30ClF2N5O4S. The number of carbonyl (C=O) groups is 2. The molecule has 0 bridgehead atoms. The second-order valence-corrected chi connectivity index (χ2v) is 13.2. The van der Waals surface area contributed by atoms with Gasteiger partial charge in [-0.3, -0.25) is 9.59 Å². The van der Waals surface area contributed by atoms with E-state index in [0.29, 0.717) is 32.1 Å². The van der Waals surface area contributed by atoms with Crippen molar-refractivity contribution in [2.75, 3.05) is 32.7 Å². The molecule has 0 spiro atoms. The molecule has 4 aliphatic rings. The zero-order valence-corrected chi connectivity index (χ0v) is 22.4. The molecule has 3 atom stereocenters. The molecule has 4 fully saturated rings. The summed E-state index contributed by atoms with van der Waals surface area (Å²) < 4.78 is 58.4. The third-order valence-electron chi connectivity index (χ3n) is 8.51. The van der Waals surface area contributed by atoms with Gasteiger partial charge in [0.05, 0.1) is 22.9 Å². The molecule has 3 aliphatic heterocycles. The number of primary amides is 1. The molecule has 1 saturated carbocycles. The molecule has 3 heterocycles. The third kappa shape index (κ3) is 4.47. The summed E-state index contributed by atoms with van der Waals surface area (Å²) in [5.41, 5.74) is 4.41. The number of rotatable bonds is 7. The topological polar surface area (TPSA) is 128 Å². The normalized spacial score (nSPS) is 28.1. The monoisotopic (exact) mass is 569 g/mol. The molecular weight excluding hydrogens is 540 g/mol. The first kappa shape index (κ1) is 27.2. The van der Waals surface area contributed by atoms with Gasteiger partial charge in [-0.15, -0.1) is 0 Å². The van der Waals surface area contributed by atoms with Crippen molar-refractivity contribution in [1.82, 2.24) is 13.5 Å². The number of hydrogen-bond acceptors (Lipinski definition) is 5. The summed E-state index contributed by atoms with van der Waals surface area (Å²) in [7, 11) is -3.83. The first-order chi connectivity index (χ1) is 18.0. The van der Waals surface area contributed by atoms with Crippen molar-refractivity contribution in [2.24, 2.45) is 23.5 Å². The van der Waals surface area contributed by atoms with Crippen molar-refractivity contribution in [1.29, 1.82) is 5.26 Å². The summed E-state index contributed by atoms with van der Waals surface area (Å²) in [5, 5.41) is 8.63. The number of carbonyl (C=O) groups excluding carboxylic acids is 2. The lowest BCUT2D eigenvalue weighted by Crippen LogP contribution is -2.62. The molecule has 206 valence electrons. The molecule has 2 amide bonds. The van der Waals surface area contributed by atoms with Crippen LogP contribution in [0.4, 0.5) is 8.78 Å². The predicted molar refractivity (Wildman–Crippen MR) is 134 cm³/mol. The van der Waals surface area contributed by atoms with Crippen LogP contribution in [0.3, 0.4) is 0 Å². The Labute approximate surface area is 225 Å². The number of benzene rings is 1. The molecule has 0 radical (unpaired) electrons. The van der Waals surface area contributed by atoms with Crippen LogP contribution in [0.2, 0.25) is 5.02 Å². The van der Waals surface area contributed by atoms with E-state index in [0.717, 1.165) is 12.1 Å². The average Bonchev–Trinajstić information content (AvgIpc) is 3.58. The minimum absolute atomic E-state index is 0.0226. The first-order valence-electron chi connectivity index (χ1n) is 12.9. The molecule has 1 aliphatic carbocycles. The molecule has 0 aromatic heterocycles. The number of halogens is 3. The van der Waals surface area contributed by atoms with Gasteiger partial charge >= 0.3 is 0 Å². The largest absolute Gasteiger partial charge is 0.368 e. The van der Waals surface area contributed by atoms with Crippen LogP contribution in [0.1, 0.15) is 50.0 Å². The Morgan fingerprint density at radius 3 is 2.42 bits per heavy atom. The van der Waals surface area contributed by atoms with E-state index in [-0.39, 0.29) is 61.6 Å². The number of likely N-dealkylation sites (tertiary alicyclic amines) is 1. The van der Waals surface area contributed by atoms with Crippen LogP contribution in [0.15, 0.2) is 12.1 Å². The second kappa shape index (κ2) is 10.0. The van der Waals surface area contributed by atoms with Crippen LogP contribution in [-0.4, -0.2) is 72.0 Å². The summed E-state index contributed by atoms with van der Waals surface area (Å²) in [6.45, 7) is 0.648. The van der Waals surface area contributed by atoms with Crippen LogP contribution < -0.4 is 5.73 Å². The Bertz CT molecular complexity index is 1300. The molecule has 13 heteroatoms. The average molecular weight is 570 g/mol. The number of nitrogens with zero attached hydrogens (tertiary/aromatic N) is 4. The number of nitriles is 1. The van der Waals surface area contributed by atoms with Crippen LogP contribution in [0.5, 0.6) is 0 Å². The molecule has 38 heavy (non-hydrogen) atoms. The molecule has 5 rings (SSSR count). The highest BCUT2D eigenvalue weighted by Crippen LogP contribution is 2.54. The Morgan fingerprint density at radius 1 is 1.08 bits per heavy atom. The first-order valence-corrected chi connectivity index (χ1v) is 14.7. The van der Waals surface area contributed by atoms with Crippen LogP contribution in [0, 0.1) is 40.7 Å². The minimum atomic E-state index is -3.83. The second-order valence-electron chi connectivity index (χ2n) is 10.8. The Morgan fingerprint density at radius 2 is 1.79 bits per heavy atom. The van der Waals surface area contributed by atoms with E-state index in [2.05, 4.69) is 6.07 Å². The highest BCUT2D eigenvalue weighted by atomic mass is 35.5. The maximum Gasteiger partial charge on any atom is 0.282 e. The SMILES string of the molecule is N#CC1CN(S(=O)(=O)N2CCC[C@H](C(=O)N3CCC[C@@]3(C(N)=O)[C@@H](c3cc(F)c(Cl)cc3F)C3CC3)C2)C1. The predicted octanol–water partition coefficient (Wildman–Crippen LogP) is 2.37. The molecule has 9 nitrogen and oxygen atoms in total. The van der Waals surface area contributed by atoms with Gasteiger partial charge in [0, 0.05) is 38.6 Å². The quantitative estimate of drug-likeness (QED) is 0.504. The molecule has 3 saturated heterocycles. The van der Waals surface area contributed by atoms with E-state index in [1.165, 1.54) is 13.5 Å². The maximum absolute atomic E-state index is 15.2. The lowest BCUT2D eigenvalue weighted by atomic mass is 9.73. The summed E-state index contributed by atoms with van der Waals surface area (Å²) in [4.78, 5) is 28.6. The molecule has 1 aromatic carbocycles. The summed E-state index contributed by atoms with van der Waals surface area (Å²) >= 11 is 5.78. The lowest BCUT2D eigenvalue weighted by Gasteiger charge is -2.45. The highest BCUT2D eigenvalue weighted by molar-refractivity contribution is 7.86. The van der Waals surface area contributed by atoms with E-state index >= 15 is 4.39 Å². The number of hydrogen-bond donors (Lipinski definition) is 1. The van der Waals surface area contributed by atoms with Crippen molar-refractivity contribution >= 4 is 33.6 Å². The Hall–Kier alpha value is -2.33. The van der Waals surface area contributed by atoms with E-state index < -0.39 is 51.0 Å². The smallest absolute Gasteiger partial charge is 0.282 e. The van der Waals surface area contributed by atoms with Crippen molar-refractivity contribution in [2.45, 2.75) is 50.0 Å². The van der Waals surface area contributed by atoms with Crippen LogP contribution >= 0.6 is 11.6 Å². The number of amides is 2. The van der Waals surface area contributed by atoms with Crippen molar-refractivity contribution in [3.8, 4) is 6.07 Å². The maximum atomic E-state index is 15.2. The van der Waals surface area contributed by atoms with Gasteiger partial charge in [0.15, 0.2) is 0 Å². The van der Waals surface area contributed by atoms with Crippen LogP contribution in [-0.2, 0) is 19.8 Å². The summed E-state index contributed by atoms with van der Waals surface area (Å²) in [5.74, 6) is -4.81. The van der Waals surface area contributed by atoms with Crippen molar-refractivity contribution in [3.63, 3.8) is 0 Å². The van der Waals surface area contributed by atoms with E-state index in [1.54, 1.807) is 0 Å². The fourth-order valence-electron chi connectivity index (χ4n) is 6.43. The molecule has 0 unspecified atom stereocenters. The van der Waals surface area contributed by atoms with Gasteiger partial charge in [0.25, 0.3) is 10.2 Å². The van der Waals surface area contributed by atoms with Gasteiger partial charge in [-0.2, -0.15) is 22.3 Å². The number of nitrogens with two attached hydrogens (primary N) is 1. The van der Waals surface area contributed by atoms with Gasteiger partial charge in [-0.1, -0.05) is 11.6 Å². The highest BCUT2D eigenvalue weighted by Gasteiger charge is 2.59. The van der Waals surface area contributed by atoms with Gasteiger partial charge < -0.3 is 10.6 Å². The lowest BCUT2D eigenvalue weighted by molar-refractivity contribution is -0.149. The van der Waals surface area contributed by atoms with Crippen molar-refractivity contribution < 1.29 is 26.8 Å². The molecule has 2 N–H and O–H groups in total. The van der Waals surface area contributed by atoms with E-state index in [1.807, 2.05) is 0 Å². The third-order valence-corrected chi connectivity index (χ3v) is 10.7. The zero-order chi connectivity index (χ0) is 27.4. The molecule has 1 aromatic rings. The minimum Gasteiger partial charge on any atom is -0.368 e. The fraction of sp³-hybridized carbons (Fsp3) is 0.640. The number of piperidine rings is 1. The van der Waals surface area contributed by atoms with Gasteiger partial charge in [-0.05, 0) is 62.1 Å². The zero-order valence-electron chi connectivity index (χ0n) is 20.8. The van der Waals surface area contributed by atoms with E-state index in [9.17, 15) is 22.4 Å². The van der Waals surface area contributed by atoms with E-state index in [4.69, 9.17) is 22.6 Å².